The quantitative estimate of drug-likeness (QED) is 0.902. The smallest absolute Gasteiger partial charge is 0.225 e. The van der Waals surface area contributed by atoms with Crippen LogP contribution in [0.5, 0.6) is 0 Å². The number of hydrogen-bond acceptors (Lipinski definition) is 4. The van der Waals surface area contributed by atoms with Crippen molar-refractivity contribution in [3.8, 4) is 0 Å². The summed E-state index contributed by atoms with van der Waals surface area (Å²) in [5, 5.41) is 4.78. The highest BCUT2D eigenvalue weighted by molar-refractivity contribution is 7.91. The second-order valence-electron chi connectivity index (χ2n) is 4.49. The van der Waals surface area contributed by atoms with Crippen molar-refractivity contribution in [1.82, 2.24) is 0 Å². The molecule has 0 aromatic heterocycles. The van der Waals surface area contributed by atoms with Gasteiger partial charge in [-0.3, -0.25) is 0 Å². The fourth-order valence-electron chi connectivity index (χ4n) is 1.98. The molecular weight excluding hydrogens is 355 g/mol. The normalized spacial score (nSPS) is 13.0. The van der Waals surface area contributed by atoms with E-state index in [1.54, 1.807) is 0 Å². The third-order valence-corrected chi connectivity index (χ3v) is 5.69. The maximum absolute atomic E-state index is 13.3. The maximum atomic E-state index is 13.3. The summed E-state index contributed by atoms with van der Waals surface area (Å²) >= 11 is 0. The van der Waals surface area contributed by atoms with Crippen LogP contribution in [0.25, 0.3) is 0 Å². The molecule has 2 aromatic carbocycles. The lowest BCUT2D eigenvalue weighted by atomic mass is 10.2. The molecule has 23 heavy (non-hydrogen) atoms. The molecule has 0 spiro atoms. The minimum absolute atomic E-state index is 0.392. The minimum Gasteiger partial charge on any atom is -0.225 e. The van der Waals surface area contributed by atoms with Crippen LogP contribution in [0.2, 0.25) is 0 Å². The summed E-state index contributed by atoms with van der Waals surface area (Å²) in [6.07, 6.45) is -5.22. The molecule has 2 rings (SSSR count). The van der Waals surface area contributed by atoms with Gasteiger partial charge in [0.25, 0.3) is 0 Å². The summed E-state index contributed by atoms with van der Waals surface area (Å²) in [4.78, 5) is -2.85. The first-order chi connectivity index (χ1) is 10.5. The van der Waals surface area contributed by atoms with Crippen LogP contribution in [-0.2, 0) is 26.0 Å². The molecule has 0 bridgehead atoms. The Hall–Kier alpha value is -1.91. The molecule has 0 saturated heterocycles. The van der Waals surface area contributed by atoms with Gasteiger partial charge in [-0.1, -0.05) is 24.3 Å². The van der Waals surface area contributed by atoms with Crippen LogP contribution in [0.3, 0.4) is 0 Å². The van der Waals surface area contributed by atoms with Crippen molar-refractivity contribution in [1.29, 1.82) is 0 Å². The topological polar surface area (TPSA) is 94.3 Å². The van der Waals surface area contributed by atoms with E-state index in [9.17, 15) is 30.0 Å². The zero-order valence-corrected chi connectivity index (χ0v) is 12.9. The lowest BCUT2D eigenvalue weighted by Crippen LogP contribution is -2.22. The Bertz CT molecular complexity index is 937. The highest BCUT2D eigenvalue weighted by atomic mass is 32.2. The van der Waals surface area contributed by atoms with Gasteiger partial charge in [0.2, 0.25) is 19.9 Å². The Kier molecular flexibility index (Phi) is 4.26. The summed E-state index contributed by atoms with van der Waals surface area (Å²) < 4.78 is 87.6. The molecule has 0 amide bonds. The number of rotatable bonds is 3. The fraction of sp³-hybridized carbons (Fsp3) is 0.0769. The molecule has 0 saturated carbocycles. The molecule has 124 valence electrons. The third kappa shape index (κ3) is 3.38. The van der Waals surface area contributed by atoms with E-state index in [1.807, 2.05) is 0 Å². The second kappa shape index (κ2) is 5.62. The van der Waals surface area contributed by atoms with E-state index >= 15 is 0 Å². The van der Waals surface area contributed by atoms with Gasteiger partial charge in [0, 0.05) is 0 Å². The maximum Gasteiger partial charge on any atom is 0.419 e. The fourth-order valence-corrected chi connectivity index (χ4v) is 4.34. The van der Waals surface area contributed by atoms with E-state index in [2.05, 4.69) is 0 Å². The largest absolute Gasteiger partial charge is 0.419 e. The predicted molar refractivity (Wildman–Crippen MR) is 74.7 cm³/mol. The zero-order chi connectivity index (χ0) is 17.5. The summed E-state index contributed by atoms with van der Waals surface area (Å²) in [7, 11) is -9.34. The summed E-state index contributed by atoms with van der Waals surface area (Å²) in [6, 6.07) is 8.59. The first kappa shape index (κ1) is 17.4. The van der Waals surface area contributed by atoms with Gasteiger partial charge in [0.1, 0.15) is 0 Å². The van der Waals surface area contributed by atoms with Crippen molar-refractivity contribution >= 4 is 19.9 Å². The number of primary sulfonamides is 1. The average molecular weight is 365 g/mol. The van der Waals surface area contributed by atoms with Crippen LogP contribution in [0.15, 0.2) is 63.2 Å². The van der Waals surface area contributed by atoms with Crippen molar-refractivity contribution in [3.63, 3.8) is 0 Å². The standard InChI is InChI=1S/C13H10F3NO4S2/c14-13(15,16)12-10(7-4-8-11(12)23(17,20)21)22(18,19)9-5-2-1-3-6-9/h1-8H,(H2,17,20,21). The lowest BCUT2D eigenvalue weighted by Gasteiger charge is -2.16. The summed E-state index contributed by atoms with van der Waals surface area (Å²) in [5.41, 5.74) is -1.80. The van der Waals surface area contributed by atoms with Gasteiger partial charge in [0.05, 0.1) is 20.2 Å². The molecule has 2 aromatic rings. The number of benzene rings is 2. The van der Waals surface area contributed by atoms with Crippen molar-refractivity contribution in [2.45, 2.75) is 20.9 Å². The summed E-state index contributed by atoms with van der Waals surface area (Å²) in [5.74, 6) is 0. The van der Waals surface area contributed by atoms with Crippen LogP contribution in [0, 0.1) is 0 Å². The number of alkyl halides is 3. The number of sulfone groups is 1. The van der Waals surface area contributed by atoms with E-state index in [0.717, 1.165) is 18.2 Å². The summed E-state index contributed by atoms with van der Waals surface area (Å²) in [6.45, 7) is 0. The second-order valence-corrected chi connectivity index (χ2v) is 7.94. The third-order valence-electron chi connectivity index (χ3n) is 2.92. The first-order valence-corrected chi connectivity index (χ1v) is 9.02. The van der Waals surface area contributed by atoms with E-state index in [0.29, 0.717) is 12.1 Å². The van der Waals surface area contributed by atoms with Crippen molar-refractivity contribution in [3.05, 3.63) is 54.1 Å². The number of sulfonamides is 1. The minimum atomic E-state index is -5.22. The molecule has 0 heterocycles. The Morgan fingerprint density at radius 2 is 1.30 bits per heavy atom. The average Bonchev–Trinajstić information content (AvgIpc) is 2.45. The van der Waals surface area contributed by atoms with Gasteiger partial charge in [-0.25, -0.2) is 22.0 Å². The van der Waals surface area contributed by atoms with Crippen molar-refractivity contribution < 1.29 is 30.0 Å². The molecule has 0 radical (unpaired) electrons. The number of hydrogen-bond donors (Lipinski definition) is 1. The van der Waals surface area contributed by atoms with E-state index in [-0.39, 0.29) is 0 Å². The zero-order valence-electron chi connectivity index (χ0n) is 11.3. The Balaban J connectivity index is 2.90. The Labute approximate surface area is 130 Å². The van der Waals surface area contributed by atoms with Gasteiger partial charge in [-0.15, -0.1) is 0 Å². The molecular formula is C13H10F3NO4S2. The number of halogens is 3. The Morgan fingerprint density at radius 3 is 1.78 bits per heavy atom. The van der Waals surface area contributed by atoms with Crippen LogP contribution >= 0.6 is 0 Å². The van der Waals surface area contributed by atoms with E-state index < -0.39 is 46.3 Å². The molecule has 0 aliphatic heterocycles. The monoisotopic (exact) mass is 365 g/mol. The van der Waals surface area contributed by atoms with Gasteiger partial charge in [0.15, 0.2) is 0 Å². The first-order valence-electron chi connectivity index (χ1n) is 5.99. The predicted octanol–water partition coefficient (Wildman–Crippen LogP) is 2.19. The highest BCUT2D eigenvalue weighted by Crippen LogP contribution is 2.39. The highest BCUT2D eigenvalue weighted by Gasteiger charge is 2.42. The van der Waals surface area contributed by atoms with Crippen LogP contribution in [-0.4, -0.2) is 16.8 Å². The number of nitrogens with two attached hydrogens (primary N) is 1. The molecule has 5 nitrogen and oxygen atoms in total. The Morgan fingerprint density at radius 1 is 0.783 bits per heavy atom. The van der Waals surface area contributed by atoms with Crippen molar-refractivity contribution in [2.24, 2.45) is 5.14 Å². The lowest BCUT2D eigenvalue weighted by molar-refractivity contribution is -0.142. The molecule has 2 N–H and O–H groups in total. The van der Waals surface area contributed by atoms with Gasteiger partial charge in [-0.2, -0.15) is 13.2 Å². The van der Waals surface area contributed by atoms with Gasteiger partial charge < -0.3 is 0 Å². The van der Waals surface area contributed by atoms with E-state index in [4.69, 9.17) is 5.14 Å². The van der Waals surface area contributed by atoms with Crippen LogP contribution in [0.1, 0.15) is 5.56 Å². The van der Waals surface area contributed by atoms with Gasteiger partial charge >= 0.3 is 6.18 Å². The van der Waals surface area contributed by atoms with Gasteiger partial charge in [-0.05, 0) is 24.3 Å². The molecule has 0 atom stereocenters. The van der Waals surface area contributed by atoms with Crippen molar-refractivity contribution in [2.75, 3.05) is 0 Å². The molecule has 10 heteroatoms. The molecule has 0 aliphatic rings. The van der Waals surface area contributed by atoms with Crippen LogP contribution < -0.4 is 5.14 Å². The molecule has 0 unspecified atom stereocenters. The molecule has 0 fully saturated rings. The SMILES string of the molecule is NS(=O)(=O)c1cccc(S(=O)(=O)c2ccccc2)c1C(F)(F)F. The molecule has 0 aliphatic carbocycles. The van der Waals surface area contributed by atoms with E-state index in [1.165, 1.54) is 18.2 Å². The van der Waals surface area contributed by atoms with Crippen LogP contribution in [0.4, 0.5) is 13.2 Å².